The number of amides is 2. The van der Waals surface area contributed by atoms with Gasteiger partial charge in [0.1, 0.15) is 11.9 Å². The molecule has 0 radical (unpaired) electrons. The molecule has 0 aromatic heterocycles. The molecule has 0 spiro atoms. The second-order valence-electron chi connectivity index (χ2n) is 4.80. The number of carbonyl (C=O) groups excluding carboxylic acids is 2. The molecule has 1 aromatic carbocycles. The summed E-state index contributed by atoms with van der Waals surface area (Å²) in [7, 11) is 1.66. The lowest BCUT2D eigenvalue weighted by atomic mass is 10.2. The first kappa shape index (κ1) is 14.2. The molecule has 1 saturated heterocycles. The van der Waals surface area contributed by atoms with Crippen LogP contribution in [0.15, 0.2) is 24.3 Å². The Bertz CT molecular complexity index is 504. The lowest BCUT2D eigenvalue weighted by Crippen LogP contribution is -2.36. The van der Waals surface area contributed by atoms with Crippen molar-refractivity contribution in [3.8, 4) is 5.75 Å². The van der Waals surface area contributed by atoms with E-state index in [1.165, 1.54) is 4.90 Å². The first-order chi connectivity index (χ1) is 9.54. The number of cyclic esters (lactones) is 1. The van der Waals surface area contributed by atoms with Crippen LogP contribution >= 0.6 is 0 Å². The average molecular weight is 278 g/mol. The Labute approximate surface area is 117 Å². The number of likely N-dealkylation sites (N-methyl/N-ethyl adjacent to an activating group) is 1. The van der Waals surface area contributed by atoms with E-state index in [0.29, 0.717) is 18.8 Å². The third kappa shape index (κ3) is 3.88. The second kappa shape index (κ2) is 6.27. The van der Waals surface area contributed by atoms with Crippen LogP contribution in [0.2, 0.25) is 0 Å². The van der Waals surface area contributed by atoms with Gasteiger partial charge >= 0.3 is 6.09 Å². The number of ether oxygens (including phenoxy) is 2. The van der Waals surface area contributed by atoms with Crippen molar-refractivity contribution in [2.24, 2.45) is 0 Å². The van der Waals surface area contributed by atoms with Crippen LogP contribution in [0.5, 0.6) is 5.75 Å². The minimum atomic E-state index is -0.361. The number of hydrogen-bond donors (Lipinski definition) is 1. The van der Waals surface area contributed by atoms with Crippen molar-refractivity contribution in [2.45, 2.75) is 13.0 Å². The van der Waals surface area contributed by atoms with Crippen molar-refractivity contribution in [2.75, 3.05) is 26.7 Å². The summed E-state index contributed by atoms with van der Waals surface area (Å²) >= 11 is 0. The van der Waals surface area contributed by atoms with Gasteiger partial charge in [0.2, 0.25) is 0 Å². The number of nitrogens with zero attached hydrogens (tertiary/aromatic N) is 1. The zero-order valence-corrected chi connectivity index (χ0v) is 11.6. The summed E-state index contributed by atoms with van der Waals surface area (Å²) in [5.74, 6) is 0.421. The van der Waals surface area contributed by atoms with Crippen LogP contribution in [-0.2, 0) is 9.53 Å². The minimum absolute atomic E-state index is 0.0556. The van der Waals surface area contributed by atoms with Gasteiger partial charge in [-0.05, 0) is 24.6 Å². The number of rotatable bonds is 5. The summed E-state index contributed by atoms with van der Waals surface area (Å²) in [6.07, 6.45) is -0.657. The van der Waals surface area contributed by atoms with Gasteiger partial charge in [-0.3, -0.25) is 4.79 Å². The van der Waals surface area contributed by atoms with Crippen LogP contribution in [0.4, 0.5) is 4.79 Å². The Balaban J connectivity index is 1.70. The van der Waals surface area contributed by atoms with Crippen LogP contribution < -0.4 is 10.1 Å². The Morgan fingerprint density at radius 2 is 2.35 bits per heavy atom. The summed E-state index contributed by atoms with van der Waals surface area (Å²) in [5, 5.41) is 2.68. The van der Waals surface area contributed by atoms with Crippen molar-refractivity contribution >= 4 is 12.0 Å². The van der Waals surface area contributed by atoms with E-state index in [2.05, 4.69) is 5.32 Å². The standard InChI is InChI=1S/C14H18N2O4/c1-10-4-3-5-11(6-10)19-9-13(17)15-7-12-8-16(2)14(18)20-12/h3-6,12H,7-9H2,1-2H3,(H,15,17). The molecule has 1 aromatic rings. The fourth-order valence-electron chi connectivity index (χ4n) is 1.89. The Hall–Kier alpha value is -2.24. The third-order valence-electron chi connectivity index (χ3n) is 2.94. The fourth-order valence-corrected chi connectivity index (χ4v) is 1.89. The van der Waals surface area contributed by atoms with Gasteiger partial charge in [-0.25, -0.2) is 4.79 Å². The zero-order chi connectivity index (χ0) is 14.5. The first-order valence-corrected chi connectivity index (χ1v) is 6.42. The highest BCUT2D eigenvalue weighted by molar-refractivity contribution is 5.77. The van der Waals surface area contributed by atoms with Gasteiger partial charge < -0.3 is 19.7 Å². The molecule has 1 heterocycles. The maximum atomic E-state index is 11.6. The molecular formula is C14H18N2O4. The summed E-state index contributed by atoms with van der Waals surface area (Å²) in [6, 6.07) is 7.49. The van der Waals surface area contributed by atoms with Gasteiger partial charge in [0.25, 0.3) is 5.91 Å². The van der Waals surface area contributed by atoms with Gasteiger partial charge in [0, 0.05) is 7.05 Å². The highest BCUT2D eigenvalue weighted by Gasteiger charge is 2.28. The molecule has 6 nitrogen and oxygen atoms in total. The SMILES string of the molecule is Cc1cccc(OCC(=O)NCC2CN(C)C(=O)O2)c1. The molecule has 0 aliphatic carbocycles. The maximum absolute atomic E-state index is 11.6. The topological polar surface area (TPSA) is 67.9 Å². The molecule has 1 aliphatic heterocycles. The van der Waals surface area contributed by atoms with E-state index in [1.54, 1.807) is 13.1 Å². The largest absolute Gasteiger partial charge is 0.484 e. The van der Waals surface area contributed by atoms with E-state index in [4.69, 9.17) is 9.47 Å². The summed E-state index contributed by atoms with van der Waals surface area (Å²) in [4.78, 5) is 24.2. The lowest BCUT2D eigenvalue weighted by molar-refractivity contribution is -0.123. The van der Waals surface area contributed by atoms with Crippen LogP contribution in [0.1, 0.15) is 5.56 Å². The van der Waals surface area contributed by atoms with E-state index in [0.717, 1.165) is 5.56 Å². The van der Waals surface area contributed by atoms with E-state index in [9.17, 15) is 9.59 Å². The van der Waals surface area contributed by atoms with Gasteiger partial charge in [-0.2, -0.15) is 0 Å². The molecule has 108 valence electrons. The van der Waals surface area contributed by atoms with Crippen molar-refractivity contribution < 1.29 is 19.1 Å². The van der Waals surface area contributed by atoms with E-state index in [-0.39, 0.29) is 24.7 Å². The molecule has 1 unspecified atom stereocenters. The predicted molar refractivity (Wildman–Crippen MR) is 72.6 cm³/mol. The van der Waals surface area contributed by atoms with Gasteiger partial charge in [0.15, 0.2) is 6.61 Å². The average Bonchev–Trinajstić information content (AvgIpc) is 2.73. The first-order valence-electron chi connectivity index (χ1n) is 6.42. The smallest absolute Gasteiger partial charge is 0.410 e. The summed E-state index contributed by atoms with van der Waals surface area (Å²) in [5.41, 5.74) is 1.07. The number of benzene rings is 1. The van der Waals surface area contributed by atoms with Crippen LogP contribution in [0.25, 0.3) is 0 Å². The van der Waals surface area contributed by atoms with Crippen molar-refractivity contribution in [1.29, 1.82) is 0 Å². The van der Waals surface area contributed by atoms with Crippen molar-refractivity contribution in [3.63, 3.8) is 0 Å². The molecular weight excluding hydrogens is 260 g/mol. The molecule has 1 fully saturated rings. The van der Waals surface area contributed by atoms with E-state index in [1.807, 2.05) is 25.1 Å². The summed E-state index contributed by atoms with van der Waals surface area (Å²) < 4.78 is 10.4. The Morgan fingerprint density at radius 1 is 1.55 bits per heavy atom. The van der Waals surface area contributed by atoms with Crippen LogP contribution in [0.3, 0.4) is 0 Å². The predicted octanol–water partition coefficient (Wildman–Crippen LogP) is 0.941. The second-order valence-corrected chi connectivity index (χ2v) is 4.80. The van der Waals surface area contributed by atoms with Gasteiger partial charge in [0.05, 0.1) is 13.1 Å². The Kier molecular flexibility index (Phi) is 4.45. The van der Waals surface area contributed by atoms with Gasteiger partial charge in [-0.15, -0.1) is 0 Å². The molecule has 1 N–H and O–H groups in total. The molecule has 20 heavy (non-hydrogen) atoms. The number of hydrogen-bond acceptors (Lipinski definition) is 4. The fraction of sp³-hybridized carbons (Fsp3) is 0.429. The van der Waals surface area contributed by atoms with Crippen molar-refractivity contribution in [1.82, 2.24) is 10.2 Å². The van der Waals surface area contributed by atoms with Gasteiger partial charge in [-0.1, -0.05) is 12.1 Å². The maximum Gasteiger partial charge on any atom is 0.410 e. The number of aryl methyl sites for hydroxylation is 1. The van der Waals surface area contributed by atoms with Crippen LogP contribution in [-0.4, -0.2) is 49.7 Å². The number of nitrogens with one attached hydrogen (secondary N) is 1. The molecule has 6 heteroatoms. The summed E-state index contributed by atoms with van der Waals surface area (Å²) in [6.45, 7) is 2.68. The number of carbonyl (C=O) groups is 2. The molecule has 1 aliphatic rings. The minimum Gasteiger partial charge on any atom is -0.484 e. The highest BCUT2D eigenvalue weighted by Crippen LogP contribution is 2.12. The van der Waals surface area contributed by atoms with E-state index < -0.39 is 0 Å². The van der Waals surface area contributed by atoms with E-state index >= 15 is 0 Å². The highest BCUT2D eigenvalue weighted by atomic mass is 16.6. The van der Waals surface area contributed by atoms with Crippen LogP contribution in [0, 0.1) is 6.92 Å². The molecule has 2 amide bonds. The normalized spacial score (nSPS) is 17.8. The molecule has 0 bridgehead atoms. The lowest BCUT2D eigenvalue weighted by Gasteiger charge is -2.10. The Morgan fingerprint density at radius 3 is 3.00 bits per heavy atom. The molecule has 0 saturated carbocycles. The zero-order valence-electron chi connectivity index (χ0n) is 11.6. The molecule has 1 atom stereocenters. The monoisotopic (exact) mass is 278 g/mol. The van der Waals surface area contributed by atoms with Crippen molar-refractivity contribution in [3.05, 3.63) is 29.8 Å². The molecule has 2 rings (SSSR count). The quantitative estimate of drug-likeness (QED) is 0.870. The third-order valence-corrected chi connectivity index (χ3v) is 2.94.